The lowest BCUT2D eigenvalue weighted by Gasteiger charge is -2.46. The van der Waals surface area contributed by atoms with Gasteiger partial charge in [0.1, 0.15) is 0 Å². The van der Waals surface area contributed by atoms with Crippen molar-refractivity contribution in [3.05, 3.63) is 35.1 Å². The number of hydrogen-bond acceptors (Lipinski definition) is 4. The van der Waals surface area contributed by atoms with Gasteiger partial charge in [-0.3, -0.25) is 0 Å². The predicted molar refractivity (Wildman–Crippen MR) is 116 cm³/mol. The van der Waals surface area contributed by atoms with Gasteiger partial charge in [-0.15, -0.1) is 0 Å². The van der Waals surface area contributed by atoms with Crippen LogP contribution in [0.15, 0.2) is 35.1 Å². The molecular weight excluding hydrogens is 362 g/mol. The molecule has 0 aromatic heterocycles. The Morgan fingerprint density at radius 2 is 1.72 bits per heavy atom. The van der Waals surface area contributed by atoms with Gasteiger partial charge in [-0.1, -0.05) is 26.0 Å². The zero-order valence-corrected chi connectivity index (χ0v) is 18.8. The van der Waals surface area contributed by atoms with Crippen molar-refractivity contribution in [3.63, 3.8) is 0 Å². The molecule has 2 saturated heterocycles. The highest BCUT2D eigenvalue weighted by atomic mass is 16.6. The number of rotatable bonds is 6. The summed E-state index contributed by atoms with van der Waals surface area (Å²) in [5.41, 5.74) is 10.5. The third-order valence-corrected chi connectivity index (χ3v) is 7.83. The zero-order chi connectivity index (χ0) is 20.7. The topological polar surface area (TPSA) is 53.7 Å². The van der Waals surface area contributed by atoms with Gasteiger partial charge in [0.15, 0.2) is 0 Å². The summed E-state index contributed by atoms with van der Waals surface area (Å²) in [6.45, 7) is 6.08. The van der Waals surface area contributed by atoms with Gasteiger partial charge in [-0.25, -0.2) is 0 Å². The lowest BCUT2D eigenvalue weighted by molar-refractivity contribution is -0.196. The number of allylic oxidation sites excluding steroid dienone is 5. The Bertz CT molecular complexity index is 700. The van der Waals surface area contributed by atoms with Crippen LogP contribution in [-0.2, 0) is 14.2 Å². The Labute approximate surface area is 176 Å². The van der Waals surface area contributed by atoms with E-state index in [1.165, 1.54) is 17.6 Å². The molecule has 4 heteroatoms. The molecular formula is C25H39NO3. The van der Waals surface area contributed by atoms with Gasteiger partial charge in [0.25, 0.3) is 0 Å². The third-order valence-electron chi connectivity index (χ3n) is 7.83. The molecule has 4 atom stereocenters. The zero-order valence-electron chi connectivity index (χ0n) is 18.8. The smallest absolute Gasteiger partial charge is 0.0927 e. The SMILES string of the molecule is COC[C@@]12CC[C@@](COC)(C[C@@H](C3C=CC(N)=C(C4=CCC(C)(C)CC4)C3)C1)O2. The second-order valence-corrected chi connectivity index (χ2v) is 10.8. The van der Waals surface area contributed by atoms with Crippen molar-refractivity contribution in [2.24, 2.45) is 23.0 Å². The second kappa shape index (κ2) is 7.86. The summed E-state index contributed by atoms with van der Waals surface area (Å²) >= 11 is 0. The molecule has 2 bridgehead atoms. The first-order valence-electron chi connectivity index (χ1n) is 11.3. The van der Waals surface area contributed by atoms with Crippen molar-refractivity contribution < 1.29 is 14.2 Å². The van der Waals surface area contributed by atoms with Gasteiger partial charge in [0.05, 0.1) is 24.4 Å². The fourth-order valence-corrected chi connectivity index (χ4v) is 6.22. The highest BCUT2D eigenvalue weighted by Crippen LogP contribution is 2.54. The second-order valence-electron chi connectivity index (χ2n) is 10.8. The minimum Gasteiger partial charge on any atom is -0.399 e. The summed E-state index contributed by atoms with van der Waals surface area (Å²) in [7, 11) is 3.58. The Kier molecular flexibility index (Phi) is 5.73. The Hall–Kier alpha value is -1.10. The monoisotopic (exact) mass is 401 g/mol. The van der Waals surface area contributed by atoms with Gasteiger partial charge in [0, 0.05) is 19.9 Å². The maximum atomic E-state index is 6.64. The molecule has 0 saturated carbocycles. The average molecular weight is 402 g/mol. The molecule has 4 aliphatic rings. The number of hydrogen-bond donors (Lipinski definition) is 1. The van der Waals surface area contributed by atoms with E-state index in [2.05, 4.69) is 32.1 Å². The largest absolute Gasteiger partial charge is 0.399 e. The van der Waals surface area contributed by atoms with Crippen LogP contribution in [-0.4, -0.2) is 38.6 Å². The predicted octanol–water partition coefficient (Wildman–Crippen LogP) is 4.90. The molecule has 2 heterocycles. The number of ether oxygens (including phenoxy) is 3. The van der Waals surface area contributed by atoms with Crippen molar-refractivity contribution in [1.29, 1.82) is 0 Å². The van der Waals surface area contributed by atoms with E-state index in [1.54, 1.807) is 14.2 Å². The van der Waals surface area contributed by atoms with Crippen LogP contribution in [0.4, 0.5) is 0 Å². The molecule has 2 N–H and O–H groups in total. The molecule has 0 aromatic carbocycles. The average Bonchev–Trinajstić information content (AvgIpc) is 2.93. The van der Waals surface area contributed by atoms with Gasteiger partial charge in [-0.2, -0.15) is 0 Å². The number of nitrogens with two attached hydrogens (primary N) is 1. The maximum Gasteiger partial charge on any atom is 0.0927 e. The molecule has 1 unspecified atom stereocenters. The summed E-state index contributed by atoms with van der Waals surface area (Å²) in [5, 5.41) is 0. The van der Waals surface area contributed by atoms with Crippen LogP contribution in [0, 0.1) is 17.3 Å². The van der Waals surface area contributed by atoms with Crippen molar-refractivity contribution in [2.45, 2.75) is 76.4 Å². The Balaban J connectivity index is 1.53. The Morgan fingerprint density at radius 1 is 1.07 bits per heavy atom. The molecule has 4 nitrogen and oxygen atoms in total. The molecule has 29 heavy (non-hydrogen) atoms. The molecule has 2 aliphatic heterocycles. The summed E-state index contributed by atoms with van der Waals surface area (Å²) in [4.78, 5) is 0. The van der Waals surface area contributed by atoms with Gasteiger partial charge < -0.3 is 19.9 Å². The fraction of sp³-hybridized carbons (Fsp3) is 0.760. The Morgan fingerprint density at radius 3 is 2.28 bits per heavy atom. The quantitative estimate of drug-likeness (QED) is 0.687. The molecule has 0 aromatic rings. The lowest BCUT2D eigenvalue weighted by atomic mass is 9.70. The van der Waals surface area contributed by atoms with E-state index in [0.717, 1.165) is 50.6 Å². The number of methoxy groups -OCH3 is 2. The third kappa shape index (κ3) is 4.22. The minimum atomic E-state index is -0.148. The van der Waals surface area contributed by atoms with E-state index in [4.69, 9.17) is 19.9 Å². The first-order valence-corrected chi connectivity index (χ1v) is 11.3. The standard InChI is InChI=1S/C25H39NO3/c1-23(2)9-7-18(8-10-23)21-13-19(5-6-22(21)26)20-14-24(16-27-3)11-12-25(15-20,29-24)17-28-4/h5-7,19-20H,8-17,26H2,1-4H3/t19?,20-,24+,25-. The van der Waals surface area contributed by atoms with E-state index < -0.39 is 0 Å². The lowest BCUT2D eigenvalue weighted by Crippen LogP contribution is -2.50. The van der Waals surface area contributed by atoms with Crippen LogP contribution in [0.2, 0.25) is 0 Å². The fourth-order valence-electron chi connectivity index (χ4n) is 6.22. The van der Waals surface area contributed by atoms with E-state index in [1.807, 2.05) is 0 Å². The minimum absolute atomic E-state index is 0.148. The molecule has 0 radical (unpaired) electrons. The molecule has 2 aliphatic carbocycles. The van der Waals surface area contributed by atoms with Crippen LogP contribution in [0.1, 0.15) is 65.2 Å². The summed E-state index contributed by atoms with van der Waals surface area (Å²) in [6.07, 6.45) is 15.9. The van der Waals surface area contributed by atoms with Crippen LogP contribution in [0.3, 0.4) is 0 Å². The van der Waals surface area contributed by atoms with Crippen LogP contribution in [0.5, 0.6) is 0 Å². The highest BCUT2D eigenvalue weighted by Gasteiger charge is 2.56. The van der Waals surface area contributed by atoms with Gasteiger partial charge >= 0.3 is 0 Å². The molecule has 0 spiro atoms. The number of fused-ring (bicyclic) bond motifs is 2. The van der Waals surface area contributed by atoms with Crippen molar-refractivity contribution >= 4 is 0 Å². The normalized spacial score (nSPS) is 39.0. The van der Waals surface area contributed by atoms with Crippen molar-refractivity contribution in [3.8, 4) is 0 Å². The summed E-state index contributed by atoms with van der Waals surface area (Å²) in [5.74, 6) is 1.10. The molecule has 0 amide bonds. The van der Waals surface area contributed by atoms with Crippen LogP contribution < -0.4 is 5.73 Å². The van der Waals surface area contributed by atoms with E-state index in [0.29, 0.717) is 30.5 Å². The van der Waals surface area contributed by atoms with E-state index in [9.17, 15) is 0 Å². The van der Waals surface area contributed by atoms with E-state index in [-0.39, 0.29) is 11.2 Å². The van der Waals surface area contributed by atoms with Crippen molar-refractivity contribution in [2.75, 3.05) is 27.4 Å². The summed E-state index contributed by atoms with van der Waals surface area (Å²) < 4.78 is 17.8. The first kappa shape index (κ1) is 21.1. The van der Waals surface area contributed by atoms with E-state index >= 15 is 0 Å². The van der Waals surface area contributed by atoms with Crippen LogP contribution in [0.25, 0.3) is 0 Å². The molecule has 4 rings (SSSR count). The van der Waals surface area contributed by atoms with Gasteiger partial charge in [0.2, 0.25) is 0 Å². The van der Waals surface area contributed by atoms with Gasteiger partial charge in [-0.05, 0) is 85.8 Å². The van der Waals surface area contributed by atoms with Crippen LogP contribution >= 0.6 is 0 Å². The highest BCUT2D eigenvalue weighted by molar-refractivity contribution is 5.43. The molecule has 162 valence electrons. The molecule has 2 fully saturated rings. The summed E-state index contributed by atoms with van der Waals surface area (Å²) in [6, 6.07) is 0. The van der Waals surface area contributed by atoms with Crippen molar-refractivity contribution in [1.82, 2.24) is 0 Å². The first-order chi connectivity index (χ1) is 13.8. The maximum absolute atomic E-state index is 6.64.